The minimum Gasteiger partial charge on any atom is -0.478 e. The fraction of sp³-hybridized carbons (Fsp3) is 0.235. The van der Waals surface area contributed by atoms with Gasteiger partial charge in [0.25, 0.3) is 0 Å². The number of benzene rings is 2. The van der Waals surface area contributed by atoms with Gasteiger partial charge in [0.1, 0.15) is 0 Å². The van der Waals surface area contributed by atoms with Crippen LogP contribution in [0.15, 0.2) is 59.0 Å². The Morgan fingerprint density at radius 3 is 2.70 bits per heavy atom. The van der Waals surface area contributed by atoms with Crippen molar-refractivity contribution in [2.24, 2.45) is 0 Å². The zero-order valence-electron chi connectivity index (χ0n) is 11.5. The summed E-state index contributed by atoms with van der Waals surface area (Å²) in [5.74, 6) is 0.175. The van der Waals surface area contributed by atoms with Gasteiger partial charge in [-0.05, 0) is 48.4 Å². The summed E-state index contributed by atoms with van der Waals surface area (Å²) in [5, 5.41) is 11.3. The van der Waals surface area contributed by atoms with E-state index in [1.54, 1.807) is 13.0 Å². The van der Waals surface area contributed by atoms with E-state index in [9.17, 15) is 4.79 Å². The van der Waals surface area contributed by atoms with E-state index in [0.717, 1.165) is 18.6 Å². The molecule has 0 amide bonds. The van der Waals surface area contributed by atoms with Gasteiger partial charge in [0.15, 0.2) is 0 Å². The van der Waals surface area contributed by atoms with E-state index in [4.69, 9.17) is 5.11 Å². The van der Waals surface area contributed by atoms with E-state index in [-0.39, 0.29) is 0 Å². The summed E-state index contributed by atoms with van der Waals surface area (Å²) in [6.07, 6.45) is 3.60. The SMILES string of the molecule is CC(=CCCCSc1ccc2ccccc2c1)C(=O)O. The number of carbonyl (C=O) groups is 1. The van der Waals surface area contributed by atoms with Crippen LogP contribution < -0.4 is 0 Å². The third-order valence-corrected chi connectivity index (χ3v) is 4.21. The highest BCUT2D eigenvalue weighted by Gasteiger charge is 1.99. The molecule has 20 heavy (non-hydrogen) atoms. The topological polar surface area (TPSA) is 37.3 Å². The van der Waals surface area contributed by atoms with Gasteiger partial charge in [0.05, 0.1) is 0 Å². The van der Waals surface area contributed by atoms with Crippen LogP contribution in [0.3, 0.4) is 0 Å². The van der Waals surface area contributed by atoms with E-state index >= 15 is 0 Å². The number of carboxylic acids is 1. The molecule has 0 spiro atoms. The van der Waals surface area contributed by atoms with Crippen LogP contribution in [-0.2, 0) is 4.79 Å². The number of hydrogen-bond acceptors (Lipinski definition) is 2. The maximum absolute atomic E-state index is 10.6. The molecule has 0 bridgehead atoms. The first-order chi connectivity index (χ1) is 9.66. The van der Waals surface area contributed by atoms with Crippen LogP contribution in [0.5, 0.6) is 0 Å². The summed E-state index contributed by atoms with van der Waals surface area (Å²) in [4.78, 5) is 11.9. The lowest BCUT2D eigenvalue weighted by atomic mass is 10.1. The van der Waals surface area contributed by atoms with Gasteiger partial charge in [-0.25, -0.2) is 4.79 Å². The molecule has 0 saturated heterocycles. The van der Waals surface area contributed by atoms with Gasteiger partial charge in [-0.3, -0.25) is 0 Å². The van der Waals surface area contributed by atoms with Crippen molar-refractivity contribution in [1.29, 1.82) is 0 Å². The lowest BCUT2D eigenvalue weighted by Gasteiger charge is -2.03. The zero-order chi connectivity index (χ0) is 14.4. The standard InChI is InChI=1S/C17H18O2S/c1-13(17(18)19)6-4-5-11-20-16-10-9-14-7-2-3-8-15(14)12-16/h2-3,6-10,12H,4-5,11H2,1H3,(H,18,19). The van der Waals surface area contributed by atoms with Crippen molar-refractivity contribution in [2.45, 2.75) is 24.7 Å². The Kier molecular flexibility index (Phi) is 5.24. The van der Waals surface area contributed by atoms with Gasteiger partial charge >= 0.3 is 5.97 Å². The molecule has 0 aromatic heterocycles. The van der Waals surface area contributed by atoms with Crippen molar-refractivity contribution < 1.29 is 9.90 Å². The fourth-order valence-electron chi connectivity index (χ4n) is 1.94. The number of hydrogen-bond donors (Lipinski definition) is 1. The molecule has 0 aliphatic heterocycles. The van der Waals surface area contributed by atoms with Crippen LogP contribution in [-0.4, -0.2) is 16.8 Å². The number of thioether (sulfide) groups is 1. The fourth-order valence-corrected chi connectivity index (χ4v) is 2.86. The maximum Gasteiger partial charge on any atom is 0.330 e. The molecule has 0 radical (unpaired) electrons. The smallest absolute Gasteiger partial charge is 0.330 e. The van der Waals surface area contributed by atoms with Crippen LogP contribution in [0.25, 0.3) is 10.8 Å². The van der Waals surface area contributed by atoms with Gasteiger partial charge in [0, 0.05) is 10.5 Å². The highest BCUT2D eigenvalue weighted by atomic mass is 32.2. The third-order valence-electron chi connectivity index (χ3n) is 3.13. The molecule has 2 aromatic carbocycles. The lowest BCUT2D eigenvalue weighted by Crippen LogP contribution is -1.95. The van der Waals surface area contributed by atoms with Crippen molar-refractivity contribution in [3.05, 3.63) is 54.1 Å². The molecule has 104 valence electrons. The van der Waals surface area contributed by atoms with Crippen LogP contribution >= 0.6 is 11.8 Å². The second-order valence-electron chi connectivity index (χ2n) is 4.69. The highest BCUT2D eigenvalue weighted by molar-refractivity contribution is 7.99. The Hall–Kier alpha value is -1.74. The van der Waals surface area contributed by atoms with E-state index in [2.05, 4.69) is 36.4 Å². The summed E-state index contributed by atoms with van der Waals surface area (Å²) in [5.41, 5.74) is 0.431. The number of allylic oxidation sites excluding steroid dienone is 1. The molecule has 0 heterocycles. The first kappa shape index (κ1) is 14.7. The van der Waals surface area contributed by atoms with Crippen molar-refractivity contribution in [3.63, 3.8) is 0 Å². The van der Waals surface area contributed by atoms with Gasteiger partial charge in [0.2, 0.25) is 0 Å². The number of rotatable bonds is 6. The van der Waals surface area contributed by atoms with Crippen LogP contribution in [0.1, 0.15) is 19.8 Å². The predicted molar refractivity (Wildman–Crippen MR) is 85.3 cm³/mol. The Morgan fingerprint density at radius 2 is 1.95 bits per heavy atom. The molecule has 0 atom stereocenters. The van der Waals surface area contributed by atoms with Crippen LogP contribution in [0, 0.1) is 0 Å². The van der Waals surface area contributed by atoms with Gasteiger partial charge in [-0.1, -0.05) is 36.4 Å². The first-order valence-corrected chi connectivity index (χ1v) is 7.67. The predicted octanol–water partition coefficient (Wildman–Crippen LogP) is 4.74. The molecule has 0 aliphatic rings. The Labute approximate surface area is 123 Å². The number of carboxylic acid groups (broad SMARTS) is 1. The number of aliphatic carboxylic acids is 1. The summed E-state index contributed by atoms with van der Waals surface area (Å²) in [6, 6.07) is 14.8. The maximum atomic E-state index is 10.6. The molecule has 0 unspecified atom stereocenters. The Bertz CT molecular complexity index is 632. The van der Waals surface area contributed by atoms with Gasteiger partial charge in [-0.2, -0.15) is 0 Å². The van der Waals surface area contributed by atoms with Gasteiger partial charge in [-0.15, -0.1) is 11.8 Å². The van der Waals surface area contributed by atoms with Crippen molar-refractivity contribution in [2.75, 3.05) is 5.75 Å². The van der Waals surface area contributed by atoms with E-state index in [1.807, 2.05) is 17.8 Å². The quantitative estimate of drug-likeness (QED) is 0.473. The first-order valence-electron chi connectivity index (χ1n) is 6.68. The normalized spacial score (nSPS) is 11.8. The highest BCUT2D eigenvalue weighted by Crippen LogP contribution is 2.24. The average Bonchev–Trinajstić information content (AvgIpc) is 2.46. The molecule has 0 saturated carbocycles. The molecule has 0 aliphatic carbocycles. The van der Waals surface area contributed by atoms with Gasteiger partial charge < -0.3 is 5.11 Å². The monoisotopic (exact) mass is 286 g/mol. The van der Waals surface area contributed by atoms with Crippen molar-refractivity contribution in [1.82, 2.24) is 0 Å². The minimum atomic E-state index is -0.827. The Balaban J connectivity index is 1.84. The third kappa shape index (κ3) is 4.14. The largest absolute Gasteiger partial charge is 0.478 e. The molecule has 1 N–H and O–H groups in total. The Morgan fingerprint density at radius 1 is 1.20 bits per heavy atom. The summed E-state index contributed by atoms with van der Waals surface area (Å²) in [7, 11) is 0. The molecule has 2 rings (SSSR count). The van der Waals surface area contributed by atoms with Crippen LogP contribution in [0.2, 0.25) is 0 Å². The number of unbranched alkanes of at least 4 members (excludes halogenated alkanes) is 1. The molecule has 3 heteroatoms. The van der Waals surface area contributed by atoms with E-state index in [0.29, 0.717) is 5.57 Å². The minimum absolute atomic E-state index is 0.431. The second kappa shape index (κ2) is 7.15. The molecular weight excluding hydrogens is 268 g/mol. The molecule has 2 aromatic rings. The molecule has 0 fully saturated rings. The summed E-state index contributed by atoms with van der Waals surface area (Å²) in [6.45, 7) is 1.64. The van der Waals surface area contributed by atoms with Crippen molar-refractivity contribution in [3.8, 4) is 0 Å². The molecular formula is C17H18O2S. The molecule has 2 nitrogen and oxygen atoms in total. The average molecular weight is 286 g/mol. The second-order valence-corrected chi connectivity index (χ2v) is 5.86. The number of fused-ring (bicyclic) bond motifs is 1. The summed E-state index contributed by atoms with van der Waals surface area (Å²) >= 11 is 1.82. The van der Waals surface area contributed by atoms with E-state index in [1.165, 1.54) is 15.7 Å². The van der Waals surface area contributed by atoms with Crippen LogP contribution in [0.4, 0.5) is 0 Å². The van der Waals surface area contributed by atoms with Crippen molar-refractivity contribution >= 4 is 28.5 Å². The lowest BCUT2D eigenvalue weighted by molar-refractivity contribution is -0.132. The van der Waals surface area contributed by atoms with E-state index < -0.39 is 5.97 Å². The zero-order valence-corrected chi connectivity index (χ0v) is 12.3. The summed E-state index contributed by atoms with van der Waals surface area (Å²) < 4.78 is 0.